The predicted molar refractivity (Wildman–Crippen MR) is 178 cm³/mol. The fourth-order valence-corrected chi connectivity index (χ4v) is 5.97. The maximum atomic E-state index is 8.88. The Morgan fingerprint density at radius 3 is 1.70 bits per heavy atom. The van der Waals surface area contributed by atoms with E-state index in [1.165, 1.54) is 12.1 Å². The van der Waals surface area contributed by atoms with Crippen molar-refractivity contribution in [3.05, 3.63) is 145 Å². The Morgan fingerprint density at radius 2 is 1.09 bits per heavy atom. The summed E-state index contributed by atoms with van der Waals surface area (Å²) in [5.74, 6) is 1.66. The minimum atomic E-state index is 0.171. The molecule has 0 amide bonds. The monoisotopic (exact) mass is 568 g/mol. The van der Waals surface area contributed by atoms with E-state index >= 15 is 0 Å². The van der Waals surface area contributed by atoms with Crippen LogP contribution in [0.1, 0.15) is 5.48 Å². The number of para-hydroxylation sites is 2. The number of nitrogens with zero attached hydrogens (tertiary/aromatic N) is 4. The van der Waals surface area contributed by atoms with Crippen LogP contribution in [0, 0.1) is 0 Å². The van der Waals surface area contributed by atoms with Crippen LogP contribution >= 0.6 is 0 Å². The van der Waals surface area contributed by atoms with Crippen molar-refractivity contribution in [3.8, 4) is 39.9 Å². The fraction of sp³-hybridized carbons (Fsp3) is 0. The van der Waals surface area contributed by atoms with E-state index in [0.29, 0.717) is 50.4 Å². The van der Waals surface area contributed by atoms with Crippen LogP contribution in [0.4, 0.5) is 0 Å². The minimum absolute atomic E-state index is 0.171. The van der Waals surface area contributed by atoms with Crippen LogP contribution in [0.5, 0.6) is 0 Å². The van der Waals surface area contributed by atoms with Gasteiger partial charge in [0.05, 0.1) is 27.6 Å². The zero-order valence-electron chi connectivity index (χ0n) is 27.2. The van der Waals surface area contributed by atoms with Gasteiger partial charge in [0.25, 0.3) is 0 Å². The Bertz CT molecular complexity index is 2600. The molecule has 0 aliphatic heterocycles. The Labute approximate surface area is 258 Å². The first-order chi connectivity index (χ1) is 23.4. The first-order valence-corrected chi connectivity index (χ1v) is 14.3. The molecule has 0 spiro atoms. The van der Waals surface area contributed by atoms with Gasteiger partial charge in [0.15, 0.2) is 17.5 Å². The van der Waals surface area contributed by atoms with E-state index in [1.807, 2.05) is 102 Å². The van der Waals surface area contributed by atoms with E-state index < -0.39 is 0 Å². The molecule has 3 heterocycles. The van der Waals surface area contributed by atoms with E-state index in [4.69, 9.17) is 24.9 Å². The van der Waals surface area contributed by atoms with E-state index in [9.17, 15) is 0 Å². The third-order valence-electron chi connectivity index (χ3n) is 7.96. The van der Waals surface area contributed by atoms with Gasteiger partial charge in [-0.25, -0.2) is 15.0 Å². The highest BCUT2D eigenvalue weighted by atomic mass is 16.3. The van der Waals surface area contributed by atoms with Crippen LogP contribution in [-0.4, -0.2) is 19.5 Å². The predicted octanol–water partition coefficient (Wildman–Crippen LogP) is 9.87. The first-order valence-electron chi connectivity index (χ1n) is 16.3. The van der Waals surface area contributed by atoms with Crippen LogP contribution in [-0.2, 0) is 0 Å². The number of aromatic nitrogens is 4. The summed E-state index contributed by atoms with van der Waals surface area (Å²) in [4.78, 5) is 14.6. The van der Waals surface area contributed by atoms with Gasteiger partial charge in [-0.1, -0.05) is 109 Å². The molecule has 5 heteroatoms. The molecule has 0 aliphatic rings. The van der Waals surface area contributed by atoms with Crippen LogP contribution in [0.15, 0.2) is 150 Å². The molecule has 0 aliphatic carbocycles. The maximum Gasteiger partial charge on any atom is 0.164 e. The van der Waals surface area contributed by atoms with Crippen molar-refractivity contribution in [2.45, 2.75) is 0 Å². The standard InChI is InChI=1S/C39H24N4O/c1-3-12-25(13-4-1)37-40-38(26-14-5-2-6-15-26)42-39(41-37)27-22-23-30-35(24-27)44-34-21-11-20-33(36(30)34)43-31-18-9-7-16-28(31)29-17-8-10-19-32(29)43/h1-24H/i7D,8D,18D,19D. The summed E-state index contributed by atoms with van der Waals surface area (Å²) in [6.07, 6.45) is 0. The lowest BCUT2D eigenvalue weighted by Crippen LogP contribution is -2.00. The molecule has 9 aromatic rings. The van der Waals surface area contributed by atoms with E-state index in [-0.39, 0.29) is 24.2 Å². The highest BCUT2D eigenvalue weighted by Gasteiger charge is 2.19. The number of furan rings is 1. The van der Waals surface area contributed by atoms with Gasteiger partial charge in [-0.3, -0.25) is 0 Å². The summed E-state index contributed by atoms with van der Waals surface area (Å²) >= 11 is 0. The second-order valence-electron chi connectivity index (χ2n) is 10.6. The van der Waals surface area contributed by atoms with E-state index in [0.717, 1.165) is 33.2 Å². The number of rotatable bonds is 4. The van der Waals surface area contributed by atoms with Crippen molar-refractivity contribution < 1.29 is 9.90 Å². The van der Waals surface area contributed by atoms with E-state index in [1.54, 1.807) is 12.1 Å². The lowest BCUT2D eigenvalue weighted by molar-refractivity contribution is 0.669. The van der Waals surface area contributed by atoms with Crippen LogP contribution < -0.4 is 0 Å². The second kappa shape index (κ2) is 9.75. The lowest BCUT2D eigenvalue weighted by atomic mass is 10.1. The largest absolute Gasteiger partial charge is 0.456 e. The van der Waals surface area contributed by atoms with Gasteiger partial charge in [-0.15, -0.1) is 0 Å². The van der Waals surface area contributed by atoms with Crippen molar-refractivity contribution in [1.82, 2.24) is 19.5 Å². The van der Waals surface area contributed by atoms with Crippen LogP contribution in [0.2, 0.25) is 0 Å². The van der Waals surface area contributed by atoms with Gasteiger partial charge >= 0.3 is 0 Å². The SMILES string of the molecule is [2H]c1cc([2H])c2c(c1)c1cc([2H])cc([2H])c1n2-c1cccc2oc3cc(-c4nc(-c5ccccc5)nc(-c5ccccc5)n4)ccc3c12. The molecule has 5 nitrogen and oxygen atoms in total. The van der Waals surface area contributed by atoms with Crippen molar-refractivity contribution in [2.24, 2.45) is 0 Å². The number of hydrogen-bond acceptors (Lipinski definition) is 4. The topological polar surface area (TPSA) is 56.7 Å². The molecular formula is C39H24N4O. The Morgan fingerprint density at radius 1 is 0.500 bits per heavy atom. The molecule has 9 rings (SSSR count). The Kier molecular flexibility index (Phi) is 4.60. The summed E-state index contributed by atoms with van der Waals surface area (Å²) in [6.45, 7) is 0. The molecule has 0 unspecified atom stereocenters. The molecule has 0 fully saturated rings. The van der Waals surface area contributed by atoms with Crippen molar-refractivity contribution in [2.75, 3.05) is 0 Å². The molecule has 0 saturated carbocycles. The van der Waals surface area contributed by atoms with Gasteiger partial charge in [0, 0.05) is 32.8 Å². The summed E-state index contributed by atoms with van der Waals surface area (Å²) in [6, 6.07) is 38.5. The fourth-order valence-electron chi connectivity index (χ4n) is 5.97. The van der Waals surface area contributed by atoms with Gasteiger partial charge < -0.3 is 8.98 Å². The van der Waals surface area contributed by atoms with Crippen molar-refractivity contribution in [3.63, 3.8) is 0 Å². The third kappa shape index (κ3) is 3.83. The summed E-state index contributed by atoms with van der Waals surface area (Å²) in [5.41, 5.74) is 5.72. The van der Waals surface area contributed by atoms with Gasteiger partial charge in [0.2, 0.25) is 0 Å². The quantitative estimate of drug-likeness (QED) is 0.212. The van der Waals surface area contributed by atoms with Crippen LogP contribution in [0.3, 0.4) is 0 Å². The number of fused-ring (bicyclic) bond motifs is 6. The molecule has 44 heavy (non-hydrogen) atoms. The smallest absolute Gasteiger partial charge is 0.164 e. The average molecular weight is 569 g/mol. The first kappa shape index (κ1) is 20.8. The molecule has 0 bridgehead atoms. The second-order valence-corrected chi connectivity index (χ2v) is 10.6. The summed E-state index contributed by atoms with van der Waals surface area (Å²) in [7, 11) is 0. The van der Waals surface area contributed by atoms with Crippen molar-refractivity contribution in [1.29, 1.82) is 0 Å². The number of benzene rings is 6. The summed E-state index contributed by atoms with van der Waals surface area (Å²) in [5, 5.41) is 3.00. The van der Waals surface area contributed by atoms with Gasteiger partial charge in [-0.2, -0.15) is 0 Å². The third-order valence-corrected chi connectivity index (χ3v) is 7.96. The molecule has 0 N–H and O–H groups in total. The highest BCUT2D eigenvalue weighted by molar-refractivity contribution is 6.14. The molecule has 3 aromatic heterocycles. The zero-order chi connectivity index (χ0) is 32.5. The molecular weight excluding hydrogens is 540 g/mol. The zero-order valence-corrected chi connectivity index (χ0v) is 23.2. The lowest BCUT2D eigenvalue weighted by Gasteiger charge is -2.10. The average Bonchev–Trinajstić information content (AvgIpc) is 3.64. The molecule has 0 saturated heterocycles. The van der Waals surface area contributed by atoms with E-state index in [2.05, 4.69) is 0 Å². The summed E-state index contributed by atoms with van der Waals surface area (Å²) < 4.78 is 42.7. The number of hydrogen-bond donors (Lipinski definition) is 0. The highest BCUT2D eigenvalue weighted by Crippen LogP contribution is 2.39. The molecule has 6 aromatic carbocycles. The van der Waals surface area contributed by atoms with Crippen molar-refractivity contribution >= 4 is 43.7 Å². The van der Waals surface area contributed by atoms with Gasteiger partial charge in [-0.05, 0) is 36.4 Å². The molecule has 0 radical (unpaired) electrons. The van der Waals surface area contributed by atoms with Crippen LogP contribution in [0.25, 0.3) is 83.6 Å². The molecule has 206 valence electrons. The normalized spacial score (nSPS) is 12.9. The van der Waals surface area contributed by atoms with Gasteiger partial charge in [0.1, 0.15) is 11.2 Å². The molecule has 0 atom stereocenters. The Balaban J connectivity index is 1.28. The minimum Gasteiger partial charge on any atom is -0.456 e. The Hall–Kier alpha value is -6.07. The maximum absolute atomic E-state index is 8.88.